The predicted octanol–water partition coefficient (Wildman–Crippen LogP) is 4.38. The van der Waals surface area contributed by atoms with Gasteiger partial charge < -0.3 is 34.9 Å². The van der Waals surface area contributed by atoms with E-state index in [2.05, 4.69) is 81.1 Å². The Balaban J connectivity index is 1.32. The van der Waals surface area contributed by atoms with E-state index in [-0.39, 0.29) is 67.2 Å². The molecule has 0 bridgehead atoms. The van der Waals surface area contributed by atoms with Crippen LogP contribution in [0.1, 0.15) is 120 Å². The molecule has 3 aliphatic carbocycles. The summed E-state index contributed by atoms with van der Waals surface area (Å²) in [5, 5.41) is 9.18. The SMILES string of the molecule is COCCOC(=O)NC1CC(C)(C)CC(C)(Cn2c(=O)n(CC3(C)CC(NC(=O)OCCN4CC4)CC(C)(C)C3)c(=O)n(CC3(C)CC(NC(=O)OCCN4CC4)CC(C)(C)C3)c2=O)C1. The highest BCUT2D eigenvalue weighted by Gasteiger charge is 2.47. The summed E-state index contributed by atoms with van der Waals surface area (Å²) in [6.45, 7) is 25.4. The van der Waals surface area contributed by atoms with Crippen LogP contribution < -0.4 is 33.0 Å². The van der Waals surface area contributed by atoms with Crippen molar-refractivity contribution in [2.24, 2.45) is 32.5 Å². The van der Waals surface area contributed by atoms with Gasteiger partial charge >= 0.3 is 35.3 Å². The molecule has 5 aliphatic rings. The molecule has 2 saturated heterocycles. The Morgan fingerprint density at radius 1 is 0.477 bits per heavy atom. The number of nitrogens with zero attached hydrogens (tertiary/aromatic N) is 5. The number of amides is 3. The first-order valence-electron chi connectivity index (χ1n) is 24.0. The Morgan fingerprint density at radius 3 is 1.05 bits per heavy atom. The summed E-state index contributed by atoms with van der Waals surface area (Å²) in [6.07, 6.45) is 4.00. The molecule has 3 amide bonds. The zero-order valence-corrected chi connectivity index (χ0v) is 41.1. The molecule has 5 fully saturated rings. The molecule has 0 radical (unpaired) electrons. The van der Waals surface area contributed by atoms with Crippen LogP contribution in [0.15, 0.2) is 14.4 Å². The average molecular weight is 917 g/mol. The summed E-state index contributed by atoms with van der Waals surface area (Å²) >= 11 is 0. The van der Waals surface area contributed by atoms with Gasteiger partial charge in [0.05, 0.1) is 6.61 Å². The number of hydrogen-bond acceptors (Lipinski definition) is 12. The fraction of sp³-hybridized carbons (Fsp3) is 0.872. The highest BCUT2D eigenvalue weighted by molar-refractivity contribution is 5.68. The zero-order valence-electron chi connectivity index (χ0n) is 41.1. The average Bonchev–Trinajstić information content (AvgIpc) is 4.09. The monoisotopic (exact) mass is 917 g/mol. The lowest BCUT2D eigenvalue weighted by atomic mass is 9.62. The molecule has 3 N–H and O–H groups in total. The van der Waals surface area contributed by atoms with Gasteiger partial charge in [-0.2, -0.15) is 0 Å². The van der Waals surface area contributed by atoms with E-state index >= 15 is 4.79 Å². The number of aromatic nitrogens is 3. The quantitative estimate of drug-likeness (QED) is 0.107. The van der Waals surface area contributed by atoms with Gasteiger partial charge in [0.25, 0.3) is 0 Å². The summed E-state index contributed by atoms with van der Waals surface area (Å²) in [6, 6.07) is -0.818. The Labute approximate surface area is 384 Å². The summed E-state index contributed by atoms with van der Waals surface area (Å²) in [4.78, 5) is 88.2. The smallest absolute Gasteiger partial charge is 0.407 e. The molecule has 18 nitrogen and oxygen atoms in total. The van der Waals surface area contributed by atoms with E-state index in [1.807, 2.05) is 6.92 Å². The van der Waals surface area contributed by atoms with Crippen molar-refractivity contribution in [3.8, 4) is 0 Å². The molecule has 2 aliphatic heterocycles. The van der Waals surface area contributed by atoms with E-state index in [9.17, 15) is 24.0 Å². The number of hydrogen-bond donors (Lipinski definition) is 3. The number of methoxy groups -OCH3 is 1. The van der Waals surface area contributed by atoms with Crippen LogP contribution >= 0.6 is 0 Å². The van der Waals surface area contributed by atoms with Crippen molar-refractivity contribution < 1.29 is 33.3 Å². The van der Waals surface area contributed by atoms with Crippen LogP contribution in [0.25, 0.3) is 0 Å². The van der Waals surface area contributed by atoms with Gasteiger partial charge in [-0.3, -0.25) is 9.80 Å². The number of carbonyl (C=O) groups is 3. The third-order valence-electron chi connectivity index (χ3n) is 14.2. The van der Waals surface area contributed by atoms with Crippen molar-refractivity contribution in [2.75, 3.05) is 72.8 Å². The van der Waals surface area contributed by atoms with Crippen LogP contribution in [0.2, 0.25) is 0 Å². The molecule has 3 saturated carbocycles. The molecule has 6 unspecified atom stereocenters. The fourth-order valence-electron chi connectivity index (χ4n) is 12.8. The molecule has 1 aromatic heterocycles. The number of rotatable bonds is 18. The first-order valence-corrected chi connectivity index (χ1v) is 24.0. The highest BCUT2D eigenvalue weighted by Crippen LogP contribution is 2.49. The van der Waals surface area contributed by atoms with Crippen molar-refractivity contribution in [1.82, 2.24) is 39.5 Å². The molecule has 6 atom stereocenters. The minimum absolute atomic E-state index is 0.0244. The largest absolute Gasteiger partial charge is 0.448 e. The molecule has 0 aromatic carbocycles. The number of carbonyl (C=O) groups excluding carboxylic acids is 3. The van der Waals surface area contributed by atoms with E-state index in [0.717, 1.165) is 26.2 Å². The van der Waals surface area contributed by atoms with Gasteiger partial charge in [0, 0.05) is 84.1 Å². The lowest BCUT2D eigenvalue weighted by molar-refractivity contribution is 0.0389. The Hall–Kier alpha value is -3.90. The molecule has 368 valence electrons. The van der Waals surface area contributed by atoms with Crippen LogP contribution in [-0.2, 0) is 38.6 Å². The minimum atomic E-state index is -0.674. The molecule has 1 aromatic rings. The van der Waals surface area contributed by atoms with E-state index in [0.29, 0.717) is 84.1 Å². The lowest BCUT2D eigenvalue weighted by Crippen LogP contribution is -2.60. The third kappa shape index (κ3) is 14.5. The van der Waals surface area contributed by atoms with Gasteiger partial charge in [0.1, 0.15) is 19.8 Å². The van der Waals surface area contributed by atoms with Crippen molar-refractivity contribution in [3.05, 3.63) is 31.5 Å². The van der Waals surface area contributed by atoms with Gasteiger partial charge in [0.2, 0.25) is 0 Å². The predicted molar refractivity (Wildman–Crippen MR) is 246 cm³/mol. The molecule has 0 spiro atoms. The van der Waals surface area contributed by atoms with Gasteiger partial charge in [-0.25, -0.2) is 42.5 Å². The normalized spacial score (nSPS) is 30.5. The second-order valence-electron chi connectivity index (χ2n) is 23.9. The number of alkyl carbamates (subject to hydrolysis) is 3. The zero-order chi connectivity index (χ0) is 47.6. The molecular formula is C47H80N8O10. The fourth-order valence-corrected chi connectivity index (χ4v) is 12.8. The van der Waals surface area contributed by atoms with E-state index < -0.39 is 51.6 Å². The minimum Gasteiger partial charge on any atom is -0.448 e. The maximum Gasteiger partial charge on any atom is 0.407 e. The molecular weight excluding hydrogens is 837 g/mol. The second-order valence-corrected chi connectivity index (χ2v) is 23.9. The van der Waals surface area contributed by atoms with E-state index in [1.54, 1.807) is 0 Å². The van der Waals surface area contributed by atoms with Crippen molar-refractivity contribution in [2.45, 2.75) is 158 Å². The van der Waals surface area contributed by atoms with Crippen LogP contribution in [-0.4, -0.2) is 133 Å². The lowest BCUT2D eigenvalue weighted by Gasteiger charge is -2.48. The van der Waals surface area contributed by atoms with Gasteiger partial charge in [-0.05, 0) is 90.3 Å². The van der Waals surface area contributed by atoms with Gasteiger partial charge in [-0.1, -0.05) is 62.3 Å². The van der Waals surface area contributed by atoms with Crippen LogP contribution in [0.4, 0.5) is 14.4 Å². The van der Waals surface area contributed by atoms with Crippen molar-refractivity contribution >= 4 is 18.3 Å². The molecule has 18 heteroatoms. The topological polar surface area (TPSA) is 196 Å². The summed E-state index contributed by atoms with van der Waals surface area (Å²) in [5.41, 5.74) is -4.69. The summed E-state index contributed by atoms with van der Waals surface area (Å²) < 4.78 is 25.2. The molecule has 6 rings (SSSR count). The molecule has 3 heterocycles. The Morgan fingerprint density at radius 2 is 0.769 bits per heavy atom. The second kappa shape index (κ2) is 19.7. The first kappa shape index (κ1) is 50.5. The first-order chi connectivity index (χ1) is 30.3. The van der Waals surface area contributed by atoms with Crippen molar-refractivity contribution in [1.29, 1.82) is 0 Å². The maximum absolute atomic E-state index is 15.0. The Bertz CT molecular complexity index is 1950. The standard InChI is InChI=1S/C47H80N8O10/c1-42(2)21-33(48-36(56)63-17-15-51-11-12-51)24-45(7,27-42)30-53-39(59)54(31-46(8)25-34(22-43(3,4)28-46)49-37(57)64-18-16-52-13-14-52)41(61)55(40(53)60)32-47(9)26-35(23-44(5,6)29-47)50-38(58)65-20-19-62-10/h33-35H,11-32H2,1-10H3,(H,48,56)(H,49,57)(H,50,58). The highest BCUT2D eigenvalue weighted by atomic mass is 16.6. The van der Waals surface area contributed by atoms with Crippen LogP contribution in [0.3, 0.4) is 0 Å². The van der Waals surface area contributed by atoms with Gasteiger partial charge in [-0.15, -0.1) is 0 Å². The third-order valence-corrected chi connectivity index (χ3v) is 14.2. The van der Waals surface area contributed by atoms with Crippen LogP contribution in [0.5, 0.6) is 0 Å². The van der Waals surface area contributed by atoms with Crippen LogP contribution in [0, 0.1) is 32.5 Å². The summed E-state index contributed by atoms with van der Waals surface area (Å²) in [5.74, 6) is 0. The van der Waals surface area contributed by atoms with E-state index in [4.69, 9.17) is 18.9 Å². The van der Waals surface area contributed by atoms with E-state index in [1.165, 1.54) is 20.8 Å². The number of nitrogens with one attached hydrogen (secondary N) is 3. The molecule has 65 heavy (non-hydrogen) atoms. The summed E-state index contributed by atoms with van der Waals surface area (Å²) in [7, 11) is 1.54. The van der Waals surface area contributed by atoms with Gasteiger partial charge in [0.15, 0.2) is 0 Å². The van der Waals surface area contributed by atoms with Crippen molar-refractivity contribution in [3.63, 3.8) is 0 Å². The maximum atomic E-state index is 15.0. The number of ether oxygens (including phenoxy) is 4. The Kier molecular flexibility index (Phi) is 15.3.